The Kier molecular flexibility index (Phi) is 6.44. The van der Waals surface area contributed by atoms with E-state index in [1.54, 1.807) is 6.92 Å². The summed E-state index contributed by atoms with van der Waals surface area (Å²) in [6, 6.07) is 7.00. The van der Waals surface area contributed by atoms with Crippen molar-refractivity contribution >= 4 is 27.5 Å². The number of aryl methyl sites for hydroxylation is 2. The number of hydrogen-bond donors (Lipinski definition) is 0. The van der Waals surface area contributed by atoms with Crippen LogP contribution in [0.2, 0.25) is 5.02 Å². The van der Waals surface area contributed by atoms with E-state index in [1.807, 2.05) is 26.8 Å². The zero-order valence-corrected chi connectivity index (χ0v) is 21.0. The molecule has 178 valence electrons. The van der Waals surface area contributed by atoms with E-state index in [0.717, 1.165) is 26.6 Å². The summed E-state index contributed by atoms with van der Waals surface area (Å²) in [7, 11) is -2.83. The van der Waals surface area contributed by atoms with Crippen LogP contribution in [-0.4, -0.2) is 32.4 Å². The summed E-state index contributed by atoms with van der Waals surface area (Å²) in [6.07, 6.45) is 1.49. The highest BCUT2D eigenvalue weighted by molar-refractivity contribution is 7.92. The summed E-state index contributed by atoms with van der Waals surface area (Å²) < 4.78 is 44.3. The lowest BCUT2D eigenvalue weighted by Gasteiger charge is -2.20. The van der Waals surface area contributed by atoms with E-state index in [-0.39, 0.29) is 28.2 Å². The molecule has 3 heterocycles. The molecule has 0 amide bonds. The van der Waals surface area contributed by atoms with E-state index in [2.05, 4.69) is 28.0 Å². The molecule has 0 radical (unpaired) electrons. The van der Waals surface area contributed by atoms with Gasteiger partial charge in [-0.2, -0.15) is 0 Å². The van der Waals surface area contributed by atoms with Gasteiger partial charge in [-0.15, -0.1) is 0 Å². The van der Waals surface area contributed by atoms with Crippen LogP contribution >= 0.6 is 11.6 Å². The van der Waals surface area contributed by atoms with E-state index >= 15 is 0 Å². The highest BCUT2D eigenvalue weighted by atomic mass is 35.5. The first-order chi connectivity index (χ1) is 16.1. The summed E-state index contributed by atoms with van der Waals surface area (Å²) in [5, 5.41) is 3.83. The van der Waals surface area contributed by atoms with Crippen LogP contribution in [0.1, 0.15) is 47.5 Å². The molecule has 0 atom stereocenters. The first-order valence-electron chi connectivity index (χ1n) is 10.4. The molecule has 34 heavy (non-hydrogen) atoms. The number of aromatic nitrogens is 2. The molecule has 1 aromatic carbocycles. The average molecular weight is 502 g/mol. The van der Waals surface area contributed by atoms with Gasteiger partial charge in [-0.05, 0) is 68.5 Å². The molecular weight excluding hydrogens is 478 g/mol. The van der Waals surface area contributed by atoms with Crippen LogP contribution in [-0.2, 0) is 31.7 Å². The third kappa shape index (κ3) is 4.30. The second-order valence-electron chi connectivity index (χ2n) is 8.38. The van der Waals surface area contributed by atoms with Gasteiger partial charge in [0.2, 0.25) is 0 Å². The molecular formula is C24H24ClN3O5S. The van der Waals surface area contributed by atoms with Crippen molar-refractivity contribution in [1.82, 2.24) is 10.1 Å². The van der Waals surface area contributed by atoms with Gasteiger partial charge in [-0.3, -0.25) is 0 Å². The van der Waals surface area contributed by atoms with E-state index in [9.17, 15) is 8.42 Å². The number of rotatable bonds is 5. The van der Waals surface area contributed by atoms with Gasteiger partial charge in [0.1, 0.15) is 28.0 Å². The fraction of sp³-hybridized carbons (Fsp3) is 0.333. The van der Waals surface area contributed by atoms with Gasteiger partial charge in [-0.1, -0.05) is 28.7 Å². The van der Waals surface area contributed by atoms with Gasteiger partial charge < -0.3 is 14.0 Å². The maximum absolute atomic E-state index is 13.6. The van der Waals surface area contributed by atoms with Gasteiger partial charge in [0.05, 0.1) is 12.2 Å². The van der Waals surface area contributed by atoms with Crippen LogP contribution in [0, 0.1) is 25.7 Å². The van der Waals surface area contributed by atoms with Gasteiger partial charge in [0.25, 0.3) is 15.9 Å². The lowest BCUT2D eigenvalue weighted by atomic mass is 9.92. The summed E-state index contributed by atoms with van der Waals surface area (Å²) in [4.78, 5) is 4.13. The largest absolute Gasteiger partial charge is 0.366 e. The fourth-order valence-corrected chi connectivity index (χ4v) is 5.36. The predicted octanol–water partition coefficient (Wildman–Crippen LogP) is 4.30. The molecule has 0 unspecified atom stereocenters. The van der Waals surface area contributed by atoms with Crippen molar-refractivity contribution in [2.24, 2.45) is 0 Å². The molecule has 0 saturated carbocycles. The van der Waals surface area contributed by atoms with Gasteiger partial charge in [0.15, 0.2) is 0 Å². The number of methoxy groups -OCH3 is 1. The van der Waals surface area contributed by atoms with Crippen molar-refractivity contribution in [2.45, 2.75) is 44.8 Å². The van der Waals surface area contributed by atoms with Crippen molar-refractivity contribution in [3.8, 4) is 11.8 Å². The Balaban J connectivity index is 1.78. The summed E-state index contributed by atoms with van der Waals surface area (Å²) in [6.45, 7) is 7.81. The van der Waals surface area contributed by atoms with Crippen molar-refractivity contribution in [3.63, 3.8) is 0 Å². The molecule has 4 rings (SSSR count). The lowest BCUT2D eigenvalue weighted by molar-refractivity contribution is -0.00790. The standard InChI is InChI=1S/C24H24ClN3O5S/c1-15-11-18-13-32-24(3,4)19(18)12-17(15)8-9-20-21(7-6-10-26-20)34(29,30)28(14-31-5)23-22(25)16(2)27-33-23/h6-7,10-12H,13-14H2,1-5H3. The maximum atomic E-state index is 13.6. The monoisotopic (exact) mass is 501 g/mol. The number of pyridine rings is 1. The summed E-state index contributed by atoms with van der Waals surface area (Å²) in [5.41, 5.74) is 3.98. The van der Waals surface area contributed by atoms with E-state index < -0.39 is 15.6 Å². The highest BCUT2D eigenvalue weighted by Gasteiger charge is 2.33. The minimum Gasteiger partial charge on any atom is -0.366 e. The molecule has 0 saturated heterocycles. The second kappa shape index (κ2) is 9.04. The first kappa shape index (κ1) is 24.2. The van der Waals surface area contributed by atoms with Crippen LogP contribution in [0.15, 0.2) is 39.9 Å². The Labute approximate surface area is 203 Å². The zero-order valence-electron chi connectivity index (χ0n) is 19.5. The molecule has 0 N–H and O–H groups in total. The lowest BCUT2D eigenvalue weighted by Crippen LogP contribution is -2.33. The zero-order chi connectivity index (χ0) is 24.7. The average Bonchev–Trinajstić information content (AvgIpc) is 3.28. The molecule has 10 heteroatoms. The Morgan fingerprint density at radius 1 is 1.26 bits per heavy atom. The van der Waals surface area contributed by atoms with Gasteiger partial charge >= 0.3 is 0 Å². The number of ether oxygens (including phenoxy) is 2. The van der Waals surface area contributed by atoms with E-state index in [0.29, 0.717) is 12.3 Å². The van der Waals surface area contributed by atoms with E-state index in [1.165, 1.54) is 25.4 Å². The molecule has 3 aromatic rings. The third-order valence-corrected chi connectivity index (χ3v) is 7.76. The molecule has 1 aliphatic heterocycles. The Bertz CT molecular complexity index is 1420. The molecule has 0 spiro atoms. The van der Waals surface area contributed by atoms with Crippen molar-refractivity contribution in [1.29, 1.82) is 0 Å². The number of hydrogen-bond acceptors (Lipinski definition) is 7. The topological polar surface area (TPSA) is 94.8 Å². The SMILES string of the molecule is COCN(c1onc(C)c1Cl)S(=O)(=O)c1cccnc1C#Cc1cc2c(cc1C)COC2(C)C. The quantitative estimate of drug-likeness (QED) is 0.380. The smallest absolute Gasteiger partial charge is 0.271 e. The van der Waals surface area contributed by atoms with Crippen LogP contribution in [0.4, 0.5) is 5.88 Å². The number of fused-ring (bicyclic) bond motifs is 1. The fourth-order valence-electron chi connectivity index (χ4n) is 3.71. The van der Waals surface area contributed by atoms with Crippen LogP contribution in [0.3, 0.4) is 0 Å². The summed E-state index contributed by atoms with van der Waals surface area (Å²) >= 11 is 6.23. The van der Waals surface area contributed by atoms with Crippen LogP contribution < -0.4 is 4.31 Å². The normalized spacial score (nSPS) is 14.4. The number of anilines is 1. The van der Waals surface area contributed by atoms with Gasteiger partial charge in [-0.25, -0.2) is 17.7 Å². The van der Waals surface area contributed by atoms with Crippen molar-refractivity contribution < 1.29 is 22.4 Å². The molecule has 8 nitrogen and oxygen atoms in total. The minimum atomic E-state index is -4.19. The number of halogens is 1. The first-order valence-corrected chi connectivity index (χ1v) is 12.3. The van der Waals surface area contributed by atoms with Crippen molar-refractivity contribution in [3.05, 3.63) is 69.1 Å². The molecule has 0 aliphatic carbocycles. The molecule has 0 fully saturated rings. The highest BCUT2D eigenvalue weighted by Crippen LogP contribution is 2.37. The summed E-state index contributed by atoms with van der Waals surface area (Å²) in [5.74, 6) is 5.89. The second-order valence-corrected chi connectivity index (χ2v) is 10.6. The third-order valence-electron chi connectivity index (χ3n) is 5.59. The Morgan fingerprint density at radius 3 is 2.71 bits per heavy atom. The van der Waals surface area contributed by atoms with Crippen LogP contribution in [0.25, 0.3) is 0 Å². The molecule has 2 aromatic heterocycles. The number of benzene rings is 1. The van der Waals surface area contributed by atoms with Crippen molar-refractivity contribution in [2.75, 3.05) is 18.1 Å². The number of sulfonamides is 1. The molecule has 1 aliphatic rings. The Hall–Kier alpha value is -2.90. The van der Waals surface area contributed by atoms with E-state index in [4.69, 9.17) is 25.6 Å². The van der Waals surface area contributed by atoms with Crippen LogP contribution in [0.5, 0.6) is 0 Å². The molecule has 0 bridgehead atoms. The number of nitrogens with zero attached hydrogens (tertiary/aromatic N) is 3. The maximum Gasteiger partial charge on any atom is 0.271 e. The predicted molar refractivity (Wildman–Crippen MR) is 127 cm³/mol. The van der Waals surface area contributed by atoms with Gasteiger partial charge in [0, 0.05) is 18.9 Å². The minimum absolute atomic E-state index is 0.0794. The Morgan fingerprint density at radius 2 is 2.03 bits per heavy atom.